The Morgan fingerprint density at radius 3 is 2.75 bits per heavy atom. The van der Waals surface area contributed by atoms with E-state index in [1.165, 1.54) is 29.0 Å². The minimum Gasteiger partial charge on any atom is -0.306 e. The highest BCUT2D eigenvalue weighted by Crippen LogP contribution is 2.32. The fraction of sp³-hybridized carbons (Fsp3) is 0.500. The number of hydrogen-bond donors (Lipinski definition) is 1. The molecule has 0 aliphatic heterocycles. The zero-order valence-corrected chi connectivity index (χ0v) is 14.2. The number of nitrogens with one attached hydrogen (secondary N) is 1. The molecule has 2 aromatic rings. The van der Waals surface area contributed by atoms with Gasteiger partial charge in [-0.1, -0.05) is 12.1 Å². The van der Waals surface area contributed by atoms with Gasteiger partial charge < -0.3 is 5.32 Å². The summed E-state index contributed by atoms with van der Waals surface area (Å²) in [7, 11) is 0. The highest BCUT2D eigenvalue weighted by atomic mass is 32.2. The zero-order valence-electron chi connectivity index (χ0n) is 11.7. The topological polar surface area (TPSA) is 12.0 Å². The van der Waals surface area contributed by atoms with Crippen LogP contribution in [0.3, 0.4) is 0 Å². The third-order valence-corrected chi connectivity index (χ3v) is 7.01. The lowest BCUT2D eigenvalue weighted by Crippen LogP contribution is -2.31. The lowest BCUT2D eigenvalue weighted by molar-refractivity contribution is 0.444. The Morgan fingerprint density at radius 2 is 2.10 bits per heavy atom. The Bertz CT molecular complexity index is 492. The van der Waals surface area contributed by atoms with Crippen molar-refractivity contribution in [1.82, 2.24) is 5.32 Å². The van der Waals surface area contributed by atoms with Crippen LogP contribution in [0.2, 0.25) is 0 Å². The number of hydrogen-bond acceptors (Lipinski definition) is 4. The van der Waals surface area contributed by atoms with Crippen LogP contribution in [-0.4, -0.2) is 17.5 Å². The lowest BCUT2D eigenvalue weighted by atomic mass is 10.1. The minimum atomic E-state index is 0.485. The Labute approximate surface area is 133 Å². The van der Waals surface area contributed by atoms with Crippen LogP contribution in [0.1, 0.15) is 35.1 Å². The molecule has 0 saturated heterocycles. The zero-order chi connectivity index (χ0) is 13.8. The molecule has 1 saturated carbocycles. The van der Waals surface area contributed by atoms with Crippen molar-refractivity contribution in [2.75, 3.05) is 6.26 Å². The summed E-state index contributed by atoms with van der Waals surface area (Å²) in [5.41, 5.74) is 0. The first-order valence-electron chi connectivity index (χ1n) is 7.20. The van der Waals surface area contributed by atoms with Crippen molar-refractivity contribution in [2.45, 2.75) is 43.0 Å². The van der Waals surface area contributed by atoms with Gasteiger partial charge in [-0.05, 0) is 48.4 Å². The summed E-state index contributed by atoms with van der Waals surface area (Å²) in [6.45, 7) is 0. The van der Waals surface area contributed by atoms with Gasteiger partial charge in [0.15, 0.2) is 0 Å². The van der Waals surface area contributed by atoms with Crippen molar-refractivity contribution in [2.24, 2.45) is 0 Å². The van der Waals surface area contributed by atoms with Crippen LogP contribution in [0.4, 0.5) is 0 Å². The molecule has 2 heterocycles. The van der Waals surface area contributed by atoms with E-state index in [9.17, 15) is 0 Å². The van der Waals surface area contributed by atoms with Gasteiger partial charge in [0.1, 0.15) is 0 Å². The van der Waals surface area contributed by atoms with Crippen molar-refractivity contribution >= 4 is 34.4 Å². The molecule has 0 amide bonds. The van der Waals surface area contributed by atoms with Gasteiger partial charge in [-0.25, -0.2) is 0 Å². The van der Waals surface area contributed by atoms with Crippen LogP contribution in [0.15, 0.2) is 35.0 Å². The van der Waals surface area contributed by atoms with Crippen molar-refractivity contribution in [3.8, 4) is 0 Å². The van der Waals surface area contributed by atoms with Crippen LogP contribution < -0.4 is 5.32 Å². The summed E-state index contributed by atoms with van der Waals surface area (Å²) >= 11 is 5.78. The number of rotatable bonds is 6. The molecule has 20 heavy (non-hydrogen) atoms. The molecule has 1 fully saturated rings. The molecule has 3 rings (SSSR count). The fourth-order valence-electron chi connectivity index (χ4n) is 2.95. The first-order chi connectivity index (χ1) is 9.85. The van der Waals surface area contributed by atoms with Gasteiger partial charge in [-0.2, -0.15) is 11.8 Å². The molecule has 2 aromatic heterocycles. The van der Waals surface area contributed by atoms with E-state index in [-0.39, 0.29) is 0 Å². The lowest BCUT2D eigenvalue weighted by Gasteiger charge is -2.22. The third-order valence-electron chi connectivity index (χ3n) is 4.03. The van der Waals surface area contributed by atoms with Crippen LogP contribution in [0.5, 0.6) is 0 Å². The maximum atomic E-state index is 3.92. The second kappa shape index (κ2) is 7.12. The molecular weight excluding hydrogens is 302 g/mol. The molecule has 3 unspecified atom stereocenters. The Kier molecular flexibility index (Phi) is 5.21. The van der Waals surface area contributed by atoms with Gasteiger partial charge in [0, 0.05) is 33.5 Å². The fourth-order valence-corrected chi connectivity index (χ4v) is 5.29. The number of thiophene rings is 2. The SMILES string of the molecule is CSC1CCC(NC(Cc2cccs2)c2cccs2)C1. The molecule has 0 aromatic carbocycles. The summed E-state index contributed by atoms with van der Waals surface area (Å²) in [4.78, 5) is 2.96. The molecule has 1 aliphatic rings. The van der Waals surface area contributed by atoms with Gasteiger partial charge in [-0.15, -0.1) is 22.7 Å². The van der Waals surface area contributed by atoms with E-state index in [1.54, 1.807) is 0 Å². The molecule has 1 aliphatic carbocycles. The van der Waals surface area contributed by atoms with E-state index >= 15 is 0 Å². The predicted octanol–water partition coefficient (Wildman–Crippen LogP) is 4.97. The number of thioether (sulfide) groups is 1. The maximum Gasteiger partial charge on any atom is 0.0465 e. The minimum absolute atomic E-state index is 0.485. The summed E-state index contributed by atoms with van der Waals surface area (Å²) in [5.74, 6) is 0. The van der Waals surface area contributed by atoms with Gasteiger partial charge in [0.2, 0.25) is 0 Å². The Balaban J connectivity index is 1.66. The van der Waals surface area contributed by atoms with Gasteiger partial charge in [0.25, 0.3) is 0 Å². The second-order valence-electron chi connectivity index (χ2n) is 5.39. The first kappa shape index (κ1) is 14.6. The van der Waals surface area contributed by atoms with E-state index in [1.807, 2.05) is 34.4 Å². The van der Waals surface area contributed by atoms with E-state index in [0.717, 1.165) is 11.7 Å². The van der Waals surface area contributed by atoms with Gasteiger partial charge in [-0.3, -0.25) is 0 Å². The summed E-state index contributed by atoms with van der Waals surface area (Å²) in [6.07, 6.45) is 7.40. The molecule has 4 heteroatoms. The average molecular weight is 324 g/mol. The van der Waals surface area contributed by atoms with E-state index in [2.05, 4.69) is 46.6 Å². The van der Waals surface area contributed by atoms with Gasteiger partial charge in [0.05, 0.1) is 0 Å². The van der Waals surface area contributed by atoms with Crippen molar-refractivity contribution in [1.29, 1.82) is 0 Å². The van der Waals surface area contributed by atoms with Crippen LogP contribution in [0, 0.1) is 0 Å². The predicted molar refractivity (Wildman–Crippen MR) is 93.2 cm³/mol. The molecule has 108 valence electrons. The first-order valence-corrected chi connectivity index (χ1v) is 10.2. The standard InChI is InChI=1S/C16H21NS3/c1-18-13-7-6-12(10-13)17-15(16-5-3-9-20-16)11-14-4-2-8-19-14/h2-5,8-9,12-13,15,17H,6-7,10-11H2,1H3. The Morgan fingerprint density at radius 1 is 1.25 bits per heavy atom. The molecule has 0 spiro atoms. The second-order valence-corrected chi connectivity index (χ2v) is 8.54. The van der Waals surface area contributed by atoms with E-state index in [4.69, 9.17) is 0 Å². The smallest absolute Gasteiger partial charge is 0.0465 e. The Hall–Kier alpha value is -0.290. The molecule has 0 radical (unpaired) electrons. The quantitative estimate of drug-likeness (QED) is 0.806. The molecule has 1 N–H and O–H groups in total. The van der Waals surface area contributed by atoms with Crippen LogP contribution in [0.25, 0.3) is 0 Å². The highest BCUT2D eigenvalue weighted by molar-refractivity contribution is 7.99. The van der Waals surface area contributed by atoms with Crippen molar-refractivity contribution in [3.05, 3.63) is 44.8 Å². The summed E-state index contributed by atoms with van der Waals surface area (Å²) in [6, 6.07) is 10.0. The molecule has 1 nitrogen and oxygen atoms in total. The highest BCUT2D eigenvalue weighted by Gasteiger charge is 2.26. The molecule has 3 atom stereocenters. The monoisotopic (exact) mass is 323 g/mol. The van der Waals surface area contributed by atoms with Crippen molar-refractivity contribution in [3.63, 3.8) is 0 Å². The van der Waals surface area contributed by atoms with Gasteiger partial charge >= 0.3 is 0 Å². The average Bonchev–Trinajstić information content (AvgIpc) is 3.21. The third kappa shape index (κ3) is 3.67. The molecular formula is C16H21NS3. The summed E-state index contributed by atoms with van der Waals surface area (Å²) in [5, 5.41) is 9.16. The summed E-state index contributed by atoms with van der Waals surface area (Å²) < 4.78 is 0. The normalized spacial score (nSPS) is 24.1. The van der Waals surface area contributed by atoms with Crippen LogP contribution >= 0.6 is 34.4 Å². The van der Waals surface area contributed by atoms with Crippen LogP contribution in [-0.2, 0) is 6.42 Å². The van der Waals surface area contributed by atoms with E-state index < -0.39 is 0 Å². The van der Waals surface area contributed by atoms with Crippen molar-refractivity contribution < 1.29 is 0 Å². The maximum absolute atomic E-state index is 3.92. The van der Waals surface area contributed by atoms with E-state index in [0.29, 0.717) is 12.1 Å². The largest absolute Gasteiger partial charge is 0.306 e. The molecule has 0 bridgehead atoms.